The van der Waals surface area contributed by atoms with Gasteiger partial charge in [-0.1, -0.05) is 18.2 Å². The molecule has 1 atom stereocenters. The molecule has 5 nitrogen and oxygen atoms in total. The molecule has 0 unspecified atom stereocenters. The van der Waals surface area contributed by atoms with Crippen LogP contribution in [0.15, 0.2) is 24.3 Å². The first kappa shape index (κ1) is 16.1. The van der Waals surface area contributed by atoms with Crippen LogP contribution in [-0.4, -0.2) is 35.6 Å². The number of carboxylic acids is 1. The van der Waals surface area contributed by atoms with Gasteiger partial charge in [0.15, 0.2) is 0 Å². The molecule has 0 aliphatic carbocycles. The minimum absolute atomic E-state index is 0.0727. The van der Waals surface area contributed by atoms with Crippen molar-refractivity contribution in [2.75, 3.05) is 11.5 Å². The minimum atomic E-state index is -2.90. The standard InChI is InChI=1S/C17H21NO4S/c1-11(13-7-9-23(21,22)10-8-13)18-12(2)16(17(19)20)14-5-3-4-6-15(14)18/h3-6,11,13H,7-10H2,1-2H3,(H,19,20)/t11-/m0/s1. The summed E-state index contributed by atoms with van der Waals surface area (Å²) in [6, 6.07) is 7.59. The molecule has 3 rings (SSSR count). The van der Waals surface area contributed by atoms with Crippen LogP contribution in [0.3, 0.4) is 0 Å². The van der Waals surface area contributed by atoms with Crippen molar-refractivity contribution in [1.29, 1.82) is 0 Å². The van der Waals surface area contributed by atoms with Gasteiger partial charge in [-0.05, 0) is 38.7 Å². The molecule has 1 fully saturated rings. The van der Waals surface area contributed by atoms with Crippen molar-refractivity contribution in [3.8, 4) is 0 Å². The Morgan fingerprint density at radius 2 is 1.87 bits per heavy atom. The first-order valence-corrected chi connectivity index (χ1v) is 9.67. The van der Waals surface area contributed by atoms with Crippen molar-refractivity contribution in [1.82, 2.24) is 4.57 Å². The lowest BCUT2D eigenvalue weighted by atomic mass is 9.94. The van der Waals surface area contributed by atoms with Gasteiger partial charge in [-0.3, -0.25) is 0 Å². The highest BCUT2D eigenvalue weighted by molar-refractivity contribution is 7.91. The summed E-state index contributed by atoms with van der Waals surface area (Å²) in [4.78, 5) is 11.6. The molecule has 1 aromatic carbocycles. The van der Waals surface area contributed by atoms with E-state index in [4.69, 9.17) is 0 Å². The van der Waals surface area contributed by atoms with Crippen LogP contribution in [0.25, 0.3) is 10.9 Å². The van der Waals surface area contributed by atoms with E-state index < -0.39 is 15.8 Å². The lowest BCUT2D eigenvalue weighted by Gasteiger charge is -2.30. The van der Waals surface area contributed by atoms with Gasteiger partial charge in [-0.15, -0.1) is 0 Å². The number of hydrogen-bond acceptors (Lipinski definition) is 3. The predicted octanol–water partition coefficient (Wildman–Crippen LogP) is 3.03. The summed E-state index contributed by atoms with van der Waals surface area (Å²) in [5, 5.41) is 10.3. The summed E-state index contributed by atoms with van der Waals surface area (Å²) in [7, 11) is -2.90. The molecular weight excluding hydrogens is 314 g/mol. The van der Waals surface area contributed by atoms with Gasteiger partial charge in [0.25, 0.3) is 0 Å². The number of carbonyl (C=O) groups is 1. The molecule has 23 heavy (non-hydrogen) atoms. The fraction of sp³-hybridized carbons (Fsp3) is 0.471. The number of fused-ring (bicyclic) bond motifs is 1. The van der Waals surface area contributed by atoms with Gasteiger partial charge in [0.1, 0.15) is 9.84 Å². The van der Waals surface area contributed by atoms with Crippen molar-refractivity contribution in [3.63, 3.8) is 0 Å². The van der Waals surface area contributed by atoms with E-state index in [1.807, 2.05) is 31.2 Å². The minimum Gasteiger partial charge on any atom is -0.478 e. The third kappa shape index (κ3) is 2.76. The normalized spacial score (nSPS) is 19.7. The zero-order valence-corrected chi connectivity index (χ0v) is 14.1. The molecule has 1 saturated heterocycles. The predicted molar refractivity (Wildman–Crippen MR) is 89.7 cm³/mol. The van der Waals surface area contributed by atoms with E-state index in [9.17, 15) is 18.3 Å². The molecule has 1 aromatic heterocycles. The van der Waals surface area contributed by atoms with Crippen LogP contribution in [-0.2, 0) is 9.84 Å². The second-order valence-corrected chi connectivity index (χ2v) is 8.69. The Morgan fingerprint density at radius 3 is 2.48 bits per heavy atom. The van der Waals surface area contributed by atoms with Gasteiger partial charge in [-0.2, -0.15) is 0 Å². The summed E-state index contributed by atoms with van der Waals surface area (Å²) in [5.74, 6) is -0.219. The summed E-state index contributed by atoms with van der Waals surface area (Å²) < 4.78 is 25.4. The number of sulfone groups is 1. The first-order chi connectivity index (χ1) is 10.8. The molecule has 0 amide bonds. The van der Waals surface area contributed by atoms with Crippen molar-refractivity contribution in [2.24, 2.45) is 5.92 Å². The zero-order valence-electron chi connectivity index (χ0n) is 13.3. The Balaban J connectivity index is 2.06. The zero-order chi connectivity index (χ0) is 16.8. The Hall–Kier alpha value is -1.82. The van der Waals surface area contributed by atoms with Gasteiger partial charge in [0, 0.05) is 22.6 Å². The van der Waals surface area contributed by atoms with Crippen LogP contribution in [0, 0.1) is 12.8 Å². The monoisotopic (exact) mass is 335 g/mol. The van der Waals surface area contributed by atoms with Gasteiger partial charge >= 0.3 is 5.97 Å². The van der Waals surface area contributed by atoms with Crippen LogP contribution in [0.2, 0.25) is 0 Å². The van der Waals surface area contributed by atoms with Gasteiger partial charge in [-0.25, -0.2) is 13.2 Å². The van der Waals surface area contributed by atoms with Crippen molar-refractivity contribution < 1.29 is 18.3 Å². The number of rotatable bonds is 3. The number of aromatic nitrogens is 1. The maximum Gasteiger partial charge on any atom is 0.338 e. The van der Waals surface area contributed by atoms with Gasteiger partial charge in [0.05, 0.1) is 17.1 Å². The van der Waals surface area contributed by atoms with E-state index in [2.05, 4.69) is 11.5 Å². The second kappa shape index (κ2) is 5.67. The van der Waals surface area contributed by atoms with E-state index in [1.54, 1.807) is 0 Å². The summed E-state index contributed by atoms with van der Waals surface area (Å²) in [6.45, 7) is 3.90. The number of carboxylic acid groups (broad SMARTS) is 1. The Morgan fingerprint density at radius 1 is 1.26 bits per heavy atom. The maximum absolute atomic E-state index is 11.6. The first-order valence-electron chi connectivity index (χ1n) is 7.85. The second-order valence-electron chi connectivity index (χ2n) is 6.38. The fourth-order valence-electron chi connectivity index (χ4n) is 3.79. The molecule has 2 heterocycles. The summed E-state index contributed by atoms with van der Waals surface area (Å²) >= 11 is 0. The number of nitrogens with zero attached hydrogens (tertiary/aromatic N) is 1. The summed E-state index contributed by atoms with van der Waals surface area (Å²) in [6.07, 6.45) is 1.27. The third-order valence-electron chi connectivity index (χ3n) is 5.06. The van der Waals surface area contributed by atoms with Crippen molar-refractivity contribution in [2.45, 2.75) is 32.7 Å². The molecule has 1 aliphatic rings. The average molecular weight is 335 g/mol. The molecule has 0 spiro atoms. The van der Waals surface area contributed by atoms with Gasteiger partial charge < -0.3 is 9.67 Å². The van der Waals surface area contributed by atoms with Gasteiger partial charge in [0.2, 0.25) is 0 Å². The van der Waals surface area contributed by atoms with Crippen LogP contribution in [0.4, 0.5) is 0 Å². The van der Waals surface area contributed by atoms with E-state index >= 15 is 0 Å². The highest BCUT2D eigenvalue weighted by Gasteiger charge is 2.30. The molecule has 0 radical (unpaired) electrons. The van der Waals surface area contributed by atoms with E-state index in [-0.39, 0.29) is 23.5 Å². The smallest absolute Gasteiger partial charge is 0.338 e. The topological polar surface area (TPSA) is 76.4 Å². The van der Waals surface area contributed by atoms with E-state index in [1.165, 1.54) is 0 Å². The number of hydrogen-bond donors (Lipinski definition) is 1. The van der Waals surface area contributed by atoms with Crippen LogP contribution < -0.4 is 0 Å². The number of para-hydroxylation sites is 1. The molecule has 0 bridgehead atoms. The molecule has 1 N–H and O–H groups in total. The third-order valence-corrected chi connectivity index (χ3v) is 6.77. The molecule has 124 valence electrons. The number of benzene rings is 1. The highest BCUT2D eigenvalue weighted by Crippen LogP contribution is 2.35. The summed E-state index contributed by atoms with van der Waals surface area (Å²) in [5.41, 5.74) is 1.99. The maximum atomic E-state index is 11.6. The number of aromatic carboxylic acids is 1. The Kier molecular flexibility index (Phi) is 3.96. The Bertz CT molecular complexity index is 852. The SMILES string of the molecule is Cc1c(C(=O)O)c2ccccc2n1[C@@H](C)C1CCS(=O)(=O)CC1. The molecule has 0 saturated carbocycles. The molecule has 1 aliphatic heterocycles. The molecule has 6 heteroatoms. The van der Waals surface area contributed by atoms with E-state index in [0.29, 0.717) is 18.4 Å². The average Bonchev–Trinajstić information content (AvgIpc) is 2.78. The van der Waals surface area contributed by atoms with Crippen molar-refractivity contribution >= 4 is 26.7 Å². The van der Waals surface area contributed by atoms with Crippen molar-refractivity contribution in [3.05, 3.63) is 35.5 Å². The van der Waals surface area contributed by atoms with E-state index in [0.717, 1.165) is 16.6 Å². The van der Waals surface area contributed by atoms with Crippen LogP contribution in [0.5, 0.6) is 0 Å². The quantitative estimate of drug-likeness (QED) is 0.935. The highest BCUT2D eigenvalue weighted by atomic mass is 32.2. The lowest BCUT2D eigenvalue weighted by Crippen LogP contribution is -2.28. The Labute approximate surface area is 135 Å². The van der Waals surface area contributed by atoms with Crippen LogP contribution in [0.1, 0.15) is 41.9 Å². The van der Waals surface area contributed by atoms with Crippen LogP contribution >= 0.6 is 0 Å². The fourth-order valence-corrected chi connectivity index (χ4v) is 5.32. The molecular formula is C17H21NO4S. The lowest BCUT2D eigenvalue weighted by molar-refractivity contribution is 0.0697. The molecule has 2 aromatic rings. The largest absolute Gasteiger partial charge is 0.478 e.